The molecule has 1 aliphatic carbocycles. The van der Waals surface area contributed by atoms with Gasteiger partial charge in [0.25, 0.3) is 5.56 Å². The number of anilines is 1. The van der Waals surface area contributed by atoms with Crippen molar-refractivity contribution in [3.8, 4) is 11.1 Å². The Morgan fingerprint density at radius 1 is 1.03 bits per heavy atom. The van der Waals surface area contributed by atoms with Crippen LogP contribution in [0.25, 0.3) is 22.2 Å². The summed E-state index contributed by atoms with van der Waals surface area (Å²) in [4.78, 5) is 30.4. The minimum atomic E-state index is -0.186. The third-order valence-electron chi connectivity index (χ3n) is 5.20. The predicted octanol–water partition coefficient (Wildman–Crippen LogP) is 3.84. The van der Waals surface area contributed by atoms with Crippen molar-refractivity contribution < 1.29 is 4.79 Å². The van der Waals surface area contributed by atoms with E-state index in [1.807, 2.05) is 66.9 Å². The number of para-hydroxylation sites is 1. The standard InChI is InChI=1S/C23H20N4O2/c28-20(25-17-9-5-2-6-10-17)14-26-13-19(16-7-3-1-4-8-16)21-22(26)23(29)27(15-24-21)18-11-12-18/h1-10,13,15,18H,11-12,14H2,(H,25,28). The van der Waals surface area contributed by atoms with E-state index in [1.54, 1.807) is 15.5 Å². The van der Waals surface area contributed by atoms with E-state index < -0.39 is 0 Å². The van der Waals surface area contributed by atoms with Gasteiger partial charge in [-0.1, -0.05) is 48.5 Å². The summed E-state index contributed by atoms with van der Waals surface area (Å²) in [5, 5.41) is 2.88. The van der Waals surface area contributed by atoms with Gasteiger partial charge in [-0.25, -0.2) is 4.98 Å². The van der Waals surface area contributed by atoms with Crippen molar-refractivity contribution in [1.29, 1.82) is 0 Å². The van der Waals surface area contributed by atoms with Gasteiger partial charge in [0.2, 0.25) is 5.91 Å². The topological polar surface area (TPSA) is 68.9 Å². The molecule has 0 saturated heterocycles. The summed E-state index contributed by atoms with van der Waals surface area (Å²) >= 11 is 0. The van der Waals surface area contributed by atoms with Crippen molar-refractivity contribution in [2.75, 3.05) is 5.32 Å². The Labute approximate surface area is 167 Å². The second kappa shape index (κ2) is 7.05. The Balaban J connectivity index is 1.59. The first-order valence-electron chi connectivity index (χ1n) is 9.71. The second-order valence-corrected chi connectivity index (χ2v) is 7.34. The number of fused-ring (bicyclic) bond motifs is 1. The van der Waals surface area contributed by atoms with Crippen LogP contribution in [0.1, 0.15) is 18.9 Å². The highest BCUT2D eigenvalue weighted by Gasteiger charge is 2.27. The molecule has 1 saturated carbocycles. The summed E-state index contributed by atoms with van der Waals surface area (Å²) in [6.07, 6.45) is 5.49. The van der Waals surface area contributed by atoms with Gasteiger partial charge in [0.1, 0.15) is 17.6 Å². The number of hydrogen-bond acceptors (Lipinski definition) is 3. The Morgan fingerprint density at radius 2 is 1.72 bits per heavy atom. The molecule has 6 nitrogen and oxygen atoms in total. The first kappa shape index (κ1) is 17.4. The van der Waals surface area contributed by atoms with E-state index in [0.29, 0.717) is 11.0 Å². The van der Waals surface area contributed by atoms with Crippen molar-refractivity contribution >= 4 is 22.6 Å². The molecule has 0 unspecified atom stereocenters. The first-order chi connectivity index (χ1) is 14.2. The lowest BCUT2D eigenvalue weighted by Gasteiger charge is -2.08. The number of carbonyl (C=O) groups excluding carboxylic acids is 1. The smallest absolute Gasteiger partial charge is 0.278 e. The molecule has 2 aromatic heterocycles. The summed E-state index contributed by atoms with van der Waals surface area (Å²) in [6.45, 7) is 0.0455. The van der Waals surface area contributed by atoms with Crippen molar-refractivity contribution in [2.45, 2.75) is 25.4 Å². The lowest BCUT2D eigenvalue weighted by atomic mass is 10.1. The SMILES string of the molecule is O=C(Cn1cc(-c2ccccc2)c2ncn(C3CC3)c(=O)c21)Nc1ccccc1. The molecule has 2 heterocycles. The molecule has 29 heavy (non-hydrogen) atoms. The Bertz CT molecular complexity index is 1240. The molecule has 144 valence electrons. The van der Waals surface area contributed by atoms with Gasteiger partial charge in [0.15, 0.2) is 0 Å². The maximum Gasteiger partial charge on any atom is 0.278 e. The zero-order valence-electron chi connectivity index (χ0n) is 15.8. The van der Waals surface area contributed by atoms with Crippen LogP contribution >= 0.6 is 0 Å². The van der Waals surface area contributed by atoms with Crippen LogP contribution in [-0.2, 0) is 11.3 Å². The van der Waals surface area contributed by atoms with Crippen LogP contribution in [0, 0.1) is 0 Å². The van der Waals surface area contributed by atoms with Crippen molar-refractivity contribution in [3.05, 3.63) is 83.5 Å². The lowest BCUT2D eigenvalue weighted by molar-refractivity contribution is -0.116. The fourth-order valence-corrected chi connectivity index (χ4v) is 3.64. The van der Waals surface area contributed by atoms with Gasteiger partial charge in [-0.3, -0.25) is 14.2 Å². The fraction of sp³-hybridized carbons (Fsp3) is 0.174. The van der Waals surface area contributed by atoms with Crippen molar-refractivity contribution in [3.63, 3.8) is 0 Å². The van der Waals surface area contributed by atoms with Gasteiger partial charge in [0, 0.05) is 23.5 Å². The van der Waals surface area contributed by atoms with Gasteiger partial charge < -0.3 is 9.88 Å². The Kier molecular flexibility index (Phi) is 4.24. The fourth-order valence-electron chi connectivity index (χ4n) is 3.64. The number of aromatic nitrogens is 3. The van der Waals surface area contributed by atoms with Gasteiger partial charge in [-0.05, 0) is 30.5 Å². The van der Waals surface area contributed by atoms with E-state index >= 15 is 0 Å². The van der Waals surface area contributed by atoms with Gasteiger partial charge in [0.05, 0.1) is 6.33 Å². The molecule has 6 heteroatoms. The van der Waals surface area contributed by atoms with Crippen molar-refractivity contribution in [2.24, 2.45) is 0 Å². The number of carbonyl (C=O) groups is 1. The zero-order valence-corrected chi connectivity index (χ0v) is 15.8. The summed E-state index contributed by atoms with van der Waals surface area (Å²) in [6, 6.07) is 19.3. The number of nitrogens with one attached hydrogen (secondary N) is 1. The third kappa shape index (κ3) is 3.33. The number of hydrogen-bond donors (Lipinski definition) is 1. The quantitative estimate of drug-likeness (QED) is 0.568. The molecule has 5 rings (SSSR count). The molecule has 0 radical (unpaired) electrons. The molecule has 0 atom stereocenters. The normalized spacial score (nSPS) is 13.5. The van der Waals surface area contributed by atoms with E-state index in [2.05, 4.69) is 10.3 Å². The summed E-state index contributed by atoms with van der Waals surface area (Å²) < 4.78 is 3.42. The van der Waals surface area contributed by atoms with Crippen LogP contribution in [0.4, 0.5) is 5.69 Å². The summed E-state index contributed by atoms with van der Waals surface area (Å²) in [5.74, 6) is -0.186. The summed E-state index contributed by atoms with van der Waals surface area (Å²) in [5.41, 5.74) is 3.56. The van der Waals surface area contributed by atoms with E-state index in [-0.39, 0.29) is 24.1 Å². The molecule has 1 fully saturated rings. The van der Waals surface area contributed by atoms with Gasteiger partial charge >= 0.3 is 0 Å². The second-order valence-electron chi connectivity index (χ2n) is 7.34. The lowest BCUT2D eigenvalue weighted by Crippen LogP contribution is -2.24. The van der Waals surface area contributed by atoms with E-state index in [0.717, 1.165) is 29.7 Å². The van der Waals surface area contributed by atoms with Gasteiger partial charge in [-0.2, -0.15) is 0 Å². The van der Waals surface area contributed by atoms with E-state index in [9.17, 15) is 9.59 Å². The largest absolute Gasteiger partial charge is 0.332 e. The van der Waals surface area contributed by atoms with Crippen LogP contribution < -0.4 is 10.9 Å². The summed E-state index contributed by atoms with van der Waals surface area (Å²) in [7, 11) is 0. The minimum absolute atomic E-state index is 0.0455. The van der Waals surface area contributed by atoms with Crippen molar-refractivity contribution in [1.82, 2.24) is 14.1 Å². The maximum absolute atomic E-state index is 13.2. The molecule has 0 bridgehead atoms. The molecular formula is C23H20N4O2. The number of benzene rings is 2. The zero-order chi connectivity index (χ0) is 19.8. The molecule has 1 aliphatic rings. The third-order valence-corrected chi connectivity index (χ3v) is 5.20. The van der Waals surface area contributed by atoms with E-state index in [4.69, 9.17) is 0 Å². The number of amides is 1. The molecular weight excluding hydrogens is 364 g/mol. The first-order valence-corrected chi connectivity index (χ1v) is 9.71. The van der Waals surface area contributed by atoms with Crippen LogP contribution in [0.3, 0.4) is 0 Å². The van der Waals surface area contributed by atoms with E-state index in [1.165, 1.54) is 0 Å². The van der Waals surface area contributed by atoms with Gasteiger partial charge in [-0.15, -0.1) is 0 Å². The number of rotatable bonds is 5. The molecule has 1 N–H and O–H groups in total. The average molecular weight is 384 g/mol. The predicted molar refractivity (Wildman–Crippen MR) is 113 cm³/mol. The van der Waals surface area contributed by atoms with Crippen LogP contribution in [0.15, 0.2) is 78.0 Å². The molecule has 1 amide bonds. The maximum atomic E-state index is 13.2. The van der Waals surface area contributed by atoms with Crippen LogP contribution in [0.2, 0.25) is 0 Å². The number of nitrogens with zero attached hydrogens (tertiary/aromatic N) is 3. The van der Waals surface area contributed by atoms with Crippen LogP contribution in [0.5, 0.6) is 0 Å². The average Bonchev–Trinajstić information content (AvgIpc) is 3.51. The monoisotopic (exact) mass is 384 g/mol. The molecule has 4 aromatic rings. The molecule has 0 aliphatic heterocycles. The minimum Gasteiger partial charge on any atom is -0.332 e. The molecule has 0 spiro atoms. The highest BCUT2D eigenvalue weighted by molar-refractivity contribution is 5.95. The Morgan fingerprint density at radius 3 is 2.41 bits per heavy atom. The highest BCUT2D eigenvalue weighted by Crippen LogP contribution is 2.34. The molecule has 2 aromatic carbocycles. The Hall–Kier alpha value is -3.67. The highest BCUT2D eigenvalue weighted by atomic mass is 16.2. The van der Waals surface area contributed by atoms with Crippen LogP contribution in [-0.4, -0.2) is 20.0 Å².